The number of hydrogen-bond acceptors (Lipinski definition) is 5. The highest BCUT2D eigenvalue weighted by Crippen LogP contribution is 2.31. The van der Waals surface area contributed by atoms with Gasteiger partial charge in [0.05, 0.1) is 17.8 Å². The molecule has 2 N–H and O–H groups in total. The van der Waals surface area contributed by atoms with Crippen LogP contribution in [0.3, 0.4) is 0 Å². The summed E-state index contributed by atoms with van der Waals surface area (Å²) in [6.07, 6.45) is 2.65. The van der Waals surface area contributed by atoms with Gasteiger partial charge in [0.15, 0.2) is 5.82 Å². The third-order valence-corrected chi connectivity index (χ3v) is 3.53. The molecule has 0 aliphatic carbocycles. The zero-order valence-electron chi connectivity index (χ0n) is 10.2. The highest BCUT2D eigenvalue weighted by molar-refractivity contribution is 6.32. The van der Waals surface area contributed by atoms with Crippen LogP contribution in [-0.2, 0) is 4.74 Å². The smallest absolute Gasteiger partial charge is 0.224 e. The van der Waals surface area contributed by atoms with Crippen LogP contribution in [0.2, 0.25) is 5.02 Å². The summed E-state index contributed by atoms with van der Waals surface area (Å²) >= 11 is 6.09. The lowest BCUT2D eigenvalue weighted by Gasteiger charge is -2.29. The van der Waals surface area contributed by atoms with E-state index >= 15 is 0 Å². The second kappa shape index (κ2) is 4.66. The van der Waals surface area contributed by atoms with Gasteiger partial charge in [0, 0.05) is 13.7 Å². The summed E-state index contributed by atoms with van der Waals surface area (Å²) in [6, 6.07) is 0. The zero-order chi connectivity index (χ0) is 12.5. The summed E-state index contributed by atoms with van der Waals surface area (Å²) in [7, 11) is 1.77. The minimum absolute atomic E-state index is 0.131. The topological polar surface area (TPSA) is 59.1 Å². The Labute approximate surface area is 106 Å². The van der Waals surface area contributed by atoms with Gasteiger partial charge in [-0.25, -0.2) is 4.98 Å². The van der Waals surface area contributed by atoms with Crippen molar-refractivity contribution in [3.05, 3.63) is 11.2 Å². The van der Waals surface area contributed by atoms with Crippen molar-refractivity contribution in [3.8, 4) is 0 Å². The van der Waals surface area contributed by atoms with E-state index in [2.05, 4.69) is 27.5 Å². The number of nitrogens with zero attached hydrogens (tertiary/aromatic N) is 2. The van der Waals surface area contributed by atoms with E-state index in [1.807, 2.05) is 6.92 Å². The zero-order valence-corrected chi connectivity index (χ0v) is 11.0. The Balaban J connectivity index is 2.23. The molecule has 1 aromatic heterocycles. The first-order valence-corrected chi connectivity index (χ1v) is 6.03. The van der Waals surface area contributed by atoms with E-state index in [9.17, 15) is 0 Å². The molecule has 94 valence electrons. The summed E-state index contributed by atoms with van der Waals surface area (Å²) in [4.78, 5) is 8.36. The Morgan fingerprint density at radius 1 is 1.59 bits per heavy atom. The van der Waals surface area contributed by atoms with E-state index in [1.54, 1.807) is 13.2 Å². The number of halogens is 1. The Morgan fingerprint density at radius 2 is 2.35 bits per heavy atom. The number of anilines is 2. The normalized spacial score (nSPS) is 28.1. The lowest BCUT2D eigenvalue weighted by Crippen LogP contribution is -2.41. The molecular weight excluding hydrogens is 240 g/mol. The largest absolute Gasteiger partial charge is 0.376 e. The molecule has 2 atom stereocenters. The SMILES string of the molecule is CNc1ncc(Cl)c(NC2(C)CCOC2C)n1. The fourth-order valence-electron chi connectivity index (χ4n) is 1.84. The van der Waals surface area contributed by atoms with Gasteiger partial charge in [-0.1, -0.05) is 11.6 Å². The van der Waals surface area contributed by atoms with Gasteiger partial charge in [-0.15, -0.1) is 0 Å². The van der Waals surface area contributed by atoms with Gasteiger partial charge in [0.1, 0.15) is 5.02 Å². The predicted octanol–water partition coefficient (Wildman–Crippen LogP) is 2.15. The Bertz CT molecular complexity index is 414. The summed E-state index contributed by atoms with van der Waals surface area (Å²) in [5, 5.41) is 6.77. The van der Waals surface area contributed by atoms with Crippen molar-refractivity contribution in [2.24, 2.45) is 0 Å². The van der Waals surface area contributed by atoms with Crippen LogP contribution in [0.5, 0.6) is 0 Å². The van der Waals surface area contributed by atoms with E-state index in [0.717, 1.165) is 13.0 Å². The van der Waals surface area contributed by atoms with Crippen LogP contribution in [0.4, 0.5) is 11.8 Å². The summed E-state index contributed by atoms with van der Waals surface area (Å²) in [5.74, 6) is 1.19. The van der Waals surface area contributed by atoms with E-state index in [1.165, 1.54) is 0 Å². The van der Waals surface area contributed by atoms with Gasteiger partial charge in [0.25, 0.3) is 0 Å². The molecular formula is C11H17ClN4O. The van der Waals surface area contributed by atoms with Crippen molar-refractivity contribution in [3.63, 3.8) is 0 Å². The molecule has 2 rings (SSSR count). The van der Waals surface area contributed by atoms with Crippen LogP contribution in [0.25, 0.3) is 0 Å². The highest BCUT2D eigenvalue weighted by Gasteiger charge is 2.37. The molecule has 1 fully saturated rings. The van der Waals surface area contributed by atoms with Crippen LogP contribution >= 0.6 is 11.6 Å². The average molecular weight is 257 g/mol. The first-order valence-electron chi connectivity index (χ1n) is 5.65. The van der Waals surface area contributed by atoms with Crippen LogP contribution in [-0.4, -0.2) is 35.3 Å². The summed E-state index contributed by atoms with van der Waals surface area (Å²) in [5.41, 5.74) is -0.136. The second-order valence-corrected chi connectivity index (χ2v) is 4.85. The number of rotatable bonds is 3. The fraction of sp³-hybridized carbons (Fsp3) is 0.636. The Morgan fingerprint density at radius 3 is 2.94 bits per heavy atom. The van der Waals surface area contributed by atoms with Crippen molar-refractivity contribution in [1.29, 1.82) is 0 Å². The molecule has 0 bridgehead atoms. The van der Waals surface area contributed by atoms with Crippen molar-refractivity contribution in [2.45, 2.75) is 31.9 Å². The van der Waals surface area contributed by atoms with Crippen LogP contribution < -0.4 is 10.6 Å². The van der Waals surface area contributed by atoms with Gasteiger partial charge < -0.3 is 15.4 Å². The number of aromatic nitrogens is 2. The molecule has 0 spiro atoms. The summed E-state index contributed by atoms with van der Waals surface area (Å²) < 4.78 is 5.57. The van der Waals surface area contributed by atoms with Crippen molar-refractivity contribution in [1.82, 2.24) is 9.97 Å². The van der Waals surface area contributed by atoms with Gasteiger partial charge in [0.2, 0.25) is 5.95 Å². The van der Waals surface area contributed by atoms with Crippen molar-refractivity contribution < 1.29 is 4.74 Å². The molecule has 2 unspecified atom stereocenters. The molecule has 1 aromatic rings. The monoisotopic (exact) mass is 256 g/mol. The molecule has 2 heterocycles. The molecule has 0 saturated carbocycles. The Kier molecular flexibility index (Phi) is 3.40. The van der Waals surface area contributed by atoms with Crippen LogP contribution in [0.1, 0.15) is 20.3 Å². The minimum atomic E-state index is -0.136. The molecule has 1 saturated heterocycles. The first kappa shape index (κ1) is 12.4. The van der Waals surface area contributed by atoms with E-state index < -0.39 is 0 Å². The molecule has 0 radical (unpaired) electrons. The lowest BCUT2D eigenvalue weighted by atomic mass is 9.95. The van der Waals surface area contributed by atoms with Gasteiger partial charge in [-0.05, 0) is 20.3 Å². The third kappa shape index (κ3) is 2.45. The number of nitrogens with one attached hydrogen (secondary N) is 2. The van der Waals surface area contributed by atoms with E-state index in [-0.39, 0.29) is 11.6 Å². The molecule has 6 heteroatoms. The fourth-order valence-corrected chi connectivity index (χ4v) is 1.98. The third-order valence-electron chi connectivity index (χ3n) is 3.26. The average Bonchev–Trinajstić information content (AvgIpc) is 2.62. The van der Waals surface area contributed by atoms with E-state index in [4.69, 9.17) is 16.3 Å². The molecule has 1 aliphatic heterocycles. The van der Waals surface area contributed by atoms with Crippen LogP contribution in [0.15, 0.2) is 6.20 Å². The van der Waals surface area contributed by atoms with Gasteiger partial charge in [-0.2, -0.15) is 4.98 Å². The van der Waals surface area contributed by atoms with E-state index in [0.29, 0.717) is 16.8 Å². The molecule has 5 nitrogen and oxygen atoms in total. The molecule has 0 amide bonds. The lowest BCUT2D eigenvalue weighted by molar-refractivity contribution is 0.105. The molecule has 17 heavy (non-hydrogen) atoms. The van der Waals surface area contributed by atoms with Crippen molar-refractivity contribution >= 4 is 23.4 Å². The standard InChI is InChI=1S/C11H17ClN4O/c1-7-11(2,4-5-17-7)16-9-8(12)6-14-10(13-3)15-9/h6-7H,4-5H2,1-3H3,(H2,13,14,15,16). The maximum absolute atomic E-state index is 6.09. The maximum Gasteiger partial charge on any atom is 0.224 e. The quantitative estimate of drug-likeness (QED) is 0.868. The minimum Gasteiger partial charge on any atom is -0.376 e. The number of ether oxygens (including phenoxy) is 1. The molecule has 1 aliphatic rings. The maximum atomic E-state index is 6.09. The first-order chi connectivity index (χ1) is 8.05. The van der Waals surface area contributed by atoms with Gasteiger partial charge >= 0.3 is 0 Å². The molecule has 0 aromatic carbocycles. The van der Waals surface area contributed by atoms with Crippen molar-refractivity contribution in [2.75, 3.05) is 24.3 Å². The summed E-state index contributed by atoms with van der Waals surface area (Å²) in [6.45, 7) is 4.92. The predicted molar refractivity (Wildman–Crippen MR) is 68.6 cm³/mol. The highest BCUT2D eigenvalue weighted by atomic mass is 35.5. The number of hydrogen-bond donors (Lipinski definition) is 2. The van der Waals surface area contributed by atoms with Gasteiger partial charge in [-0.3, -0.25) is 0 Å². The second-order valence-electron chi connectivity index (χ2n) is 4.45. The van der Waals surface area contributed by atoms with Crippen LogP contribution in [0, 0.1) is 0 Å². The Hall–Kier alpha value is -1.07.